The SMILES string of the molecule is COC(=O)c1ccc(CN(CC2CC2)C(=O)c2ccc(Oc3ccc(F)cc3OC)cc2)cc1. The summed E-state index contributed by atoms with van der Waals surface area (Å²) < 4.78 is 29.1. The lowest BCUT2D eigenvalue weighted by Gasteiger charge is -2.23. The average molecular weight is 464 g/mol. The summed E-state index contributed by atoms with van der Waals surface area (Å²) in [6, 6.07) is 18.0. The van der Waals surface area contributed by atoms with E-state index in [9.17, 15) is 14.0 Å². The lowest BCUT2D eigenvalue weighted by molar-refractivity contribution is 0.0600. The van der Waals surface area contributed by atoms with Crippen LogP contribution in [-0.4, -0.2) is 37.5 Å². The Bertz CT molecular complexity index is 1160. The second-order valence-electron chi connectivity index (χ2n) is 8.24. The van der Waals surface area contributed by atoms with Crippen LogP contribution in [0.15, 0.2) is 66.7 Å². The topological polar surface area (TPSA) is 65.1 Å². The summed E-state index contributed by atoms with van der Waals surface area (Å²) in [5, 5.41) is 0. The minimum atomic E-state index is -0.416. The molecule has 34 heavy (non-hydrogen) atoms. The van der Waals surface area contributed by atoms with Crippen LogP contribution in [0.3, 0.4) is 0 Å². The molecule has 4 rings (SSSR count). The predicted molar refractivity (Wildman–Crippen MR) is 125 cm³/mol. The van der Waals surface area contributed by atoms with Gasteiger partial charge in [0.2, 0.25) is 0 Å². The number of benzene rings is 3. The Kier molecular flexibility index (Phi) is 7.11. The van der Waals surface area contributed by atoms with Gasteiger partial charge in [-0.25, -0.2) is 9.18 Å². The summed E-state index contributed by atoms with van der Waals surface area (Å²) in [4.78, 5) is 26.8. The van der Waals surface area contributed by atoms with E-state index in [1.54, 1.807) is 36.4 Å². The van der Waals surface area contributed by atoms with E-state index in [1.165, 1.54) is 32.4 Å². The highest BCUT2D eigenvalue weighted by atomic mass is 19.1. The Labute approximate surface area is 197 Å². The molecule has 0 aliphatic heterocycles. The molecule has 7 heteroatoms. The second kappa shape index (κ2) is 10.4. The third kappa shape index (κ3) is 5.73. The molecule has 0 spiro atoms. The zero-order chi connectivity index (χ0) is 24.1. The highest BCUT2D eigenvalue weighted by Crippen LogP contribution is 2.33. The molecule has 0 saturated heterocycles. The standard InChI is InChI=1S/C27H26FNO5/c1-32-25-15-22(28)11-14-24(25)34-23-12-9-20(10-13-23)26(30)29(16-18-3-4-18)17-19-5-7-21(8-6-19)27(31)33-2/h5-15,18H,3-4,16-17H2,1-2H3. The van der Waals surface area contributed by atoms with Crippen molar-refractivity contribution in [1.82, 2.24) is 4.90 Å². The number of methoxy groups -OCH3 is 2. The van der Waals surface area contributed by atoms with Crippen molar-refractivity contribution in [2.75, 3.05) is 20.8 Å². The number of rotatable bonds is 9. The van der Waals surface area contributed by atoms with E-state index in [1.807, 2.05) is 17.0 Å². The van der Waals surface area contributed by atoms with Crippen LogP contribution in [0.1, 0.15) is 39.1 Å². The Morgan fingerprint density at radius 1 is 0.912 bits per heavy atom. The Hall–Kier alpha value is -3.87. The molecule has 3 aromatic rings. The first-order chi connectivity index (χ1) is 16.5. The van der Waals surface area contributed by atoms with Crippen molar-refractivity contribution in [3.05, 3.63) is 89.2 Å². The molecule has 1 amide bonds. The normalized spacial score (nSPS) is 12.7. The number of carbonyl (C=O) groups excluding carboxylic acids is 2. The van der Waals surface area contributed by atoms with E-state index in [0.29, 0.717) is 41.6 Å². The number of carbonyl (C=O) groups is 2. The third-order valence-electron chi connectivity index (χ3n) is 5.67. The fraction of sp³-hybridized carbons (Fsp3) is 0.259. The van der Waals surface area contributed by atoms with Gasteiger partial charge >= 0.3 is 5.97 Å². The molecule has 0 aromatic heterocycles. The first kappa shape index (κ1) is 23.3. The minimum Gasteiger partial charge on any atom is -0.493 e. The van der Waals surface area contributed by atoms with Gasteiger partial charge in [-0.3, -0.25) is 4.79 Å². The molecule has 0 atom stereocenters. The van der Waals surface area contributed by atoms with Gasteiger partial charge in [-0.15, -0.1) is 0 Å². The van der Waals surface area contributed by atoms with Crippen molar-refractivity contribution in [2.24, 2.45) is 5.92 Å². The Morgan fingerprint density at radius 2 is 1.59 bits per heavy atom. The van der Waals surface area contributed by atoms with Gasteiger partial charge in [0.1, 0.15) is 11.6 Å². The van der Waals surface area contributed by atoms with Crippen molar-refractivity contribution in [3.63, 3.8) is 0 Å². The molecule has 0 unspecified atom stereocenters. The quantitative estimate of drug-likeness (QED) is 0.394. The van der Waals surface area contributed by atoms with E-state index in [4.69, 9.17) is 14.2 Å². The van der Waals surface area contributed by atoms with Crippen molar-refractivity contribution in [2.45, 2.75) is 19.4 Å². The number of halogens is 1. The van der Waals surface area contributed by atoms with E-state index in [2.05, 4.69) is 0 Å². The monoisotopic (exact) mass is 463 g/mol. The minimum absolute atomic E-state index is 0.0742. The van der Waals surface area contributed by atoms with Crippen LogP contribution in [0.25, 0.3) is 0 Å². The number of nitrogens with zero attached hydrogens (tertiary/aromatic N) is 1. The van der Waals surface area contributed by atoms with Gasteiger partial charge in [-0.1, -0.05) is 12.1 Å². The fourth-order valence-electron chi connectivity index (χ4n) is 3.62. The maximum atomic E-state index is 13.4. The largest absolute Gasteiger partial charge is 0.493 e. The van der Waals surface area contributed by atoms with Crippen molar-refractivity contribution in [1.29, 1.82) is 0 Å². The highest BCUT2D eigenvalue weighted by molar-refractivity contribution is 5.94. The number of hydrogen-bond acceptors (Lipinski definition) is 5. The molecule has 0 bridgehead atoms. The molecular weight excluding hydrogens is 437 g/mol. The first-order valence-electron chi connectivity index (χ1n) is 11.0. The van der Waals surface area contributed by atoms with Gasteiger partial charge in [0.25, 0.3) is 5.91 Å². The maximum absolute atomic E-state index is 13.4. The van der Waals surface area contributed by atoms with E-state index in [-0.39, 0.29) is 11.7 Å². The molecule has 0 radical (unpaired) electrons. The van der Waals surface area contributed by atoms with Crippen LogP contribution in [0.4, 0.5) is 4.39 Å². The maximum Gasteiger partial charge on any atom is 0.337 e. The molecule has 1 aliphatic carbocycles. The molecule has 0 heterocycles. The summed E-state index contributed by atoms with van der Waals surface area (Å²) >= 11 is 0. The van der Waals surface area contributed by atoms with Crippen LogP contribution in [0.2, 0.25) is 0 Å². The number of ether oxygens (including phenoxy) is 3. The zero-order valence-corrected chi connectivity index (χ0v) is 19.1. The van der Waals surface area contributed by atoms with Crippen LogP contribution in [-0.2, 0) is 11.3 Å². The van der Waals surface area contributed by atoms with Crippen LogP contribution in [0, 0.1) is 11.7 Å². The molecular formula is C27H26FNO5. The third-order valence-corrected chi connectivity index (χ3v) is 5.67. The first-order valence-corrected chi connectivity index (χ1v) is 11.0. The number of hydrogen-bond donors (Lipinski definition) is 0. The molecule has 1 aliphatic rings. The van der Waals surface area contributed by atoms with Gasteiger partial charge in [0.15, 0.2) is 11.5 Å². The smallest absolute Gasteiger partial charge is 0.337 e. The van der Waals surface area contributed by atoms with Crippen LogP contribution < -0.4 is 9.47 Å². The summed E-state index contributed by atoms with van der Waals surface area (Å²) in [5.41, 5.74) is 1.95. The van der Waals surface area contributed by atoms with Crippen LogP contribution >= 0.6 is 0 Å². The number of esters is 1. The molecule has 1 fully saturated rings. The molecule has 3 aromatic carbocycles. The zero-order valence-electron chi connectivity index (χ0n) is 19.1. The van der Waals surface area contributed by atoms with Gasteiger partial charge in [0.05, 0.1) is 19.8 Å². The van der Waals surface area contributed by atoms with Gasteiger partial charge in [-0.05, 0) is 72.9 Å². The van der Waals surface area contributed by atoms with Crippen molar-refractivity contribution >= 4 is 11.9 Å². The Balaban J connectivity index is 1.47. The molecule has 6 nitrogen and oxygen atoms in total. The van der Waals surface area contributed by atoms with Crippen molar-refractivity contribution in [3.8, 4) is 17.2 Å². The Morgan fingerprint density at radius 3 is 2.21 bits per heavy atom. The summed E-state index contributed by atoms with van der Waals surface area (Å²) in [6.45, 7) is 1.13. The van der Waals surface area contributed by atoms with E-state index in [0.717, 1.165) is 18.4 Å². The van der Waals surface area contributed by atoms with E-state index < -0.39 is 11.8 Å². The number of amides is 1. The average Bonchev–Trinajstić information content (AvgIpc) is 3.69. The molecule has 0 N–H and O–H groups in total. The van der Waals surface area contributed by atoms with Gasteiger partial charge in [0, 0.05) is 24.7 Å². The summed E-state index contributed by atoms with van der Waals surface area (Å²) in [6.07, 6.45) is 2.24. The lowest BCUT2D eigenvalue weighted by Crippen LogP contribution is -2.32. The van der Waals surface area contributed by atoms with Gasteiger partial charge in [-0.2, -0.15) is 0 Å². The lowest BCUT2D eigenvalue weighted by atomic mass is 10.1. The van der Waals surface area contributed by atoms with Gasteiger partial charge < -0.3 is 19.1 Å². The van der Waals surface area contributed by atoms with E-state index >= 15 is 0 Å². The molecule has 176 valence electrons. The molecule has 1 saturated carbocycles. The van der Waals surface area contributed by atoms with Crippen LogP contribution in [0.5, 0.6) is 17.2 Å². The predicted octanol–water partition coefficient (Wildman–Crippen LogP) is 5.47. The summed E-state index contributed by atoms with van der Waals surface area (Å²) in [5.74, 6) is 0.817. The highest BCUT2D eigenvalue weighted by Gasteiger charge is 2.27. The van der Waals surface area contributed by atoms with Crippen molar-refractivity contribution < 1.29 is 28.2 Å². The summed E-state index contributed by atoms with van der Waals surface area (Å²) in [7, 11) is 2.79. The second-order valence-corrected chi connectivity index (χ2v) is 8.24. The fourth-order valence-corrected chi connectivity index (χ4v) is 3.62.